The van der Waals surface area contributed by atoms with Crippen LogP contribution in [-0.4, -0.2) is 38.8 Å². The number of carbonyl (C=O) groups is 2. The van der Waals surface area contributed by atoms with Gasteiger partial charge in [-0.2, -0.15) is 0 Å². The summed E-state index contributed by atoms with van der Waals surface area (Å²) in [6, 6.07) is 0.812. The third-order valence-electron chi connectivity index (χ3n) is 2.83. The summed E-state index contributed by atoms with van der Waals surface area (Å²) < 4.78 is 0. The molecule has 1 aromatic heterocycles. The summed E-state index contributed by atoms with van der Waals surface area (Å²) in [5, 5.41) is 3.24. The van der Waals surface area contributed by atoms with E-state index in [1.54, 1.807) is 6.92 Å². The lowest BCUT2D eigenvalue weighted by atomic mass is 10.2. The molecule has 0 bridgehead atoms. The lowest BCUT2D eigenvalue weighted by molar-refractivity contribution is -0.140. The predicted octanol–water partition coefficient (Wildman–Crippen LogP) is 1.39. The summed E-state index contributed by atoms with van der Waals surface area (Å²) >= 11 is 5.83. The number of likely N-dealkylation sites (tertiary alicyclic amines) is 1. The van der Waals surface area contributed by atoms with Gasteiger partial charge in [0, 0.05) is 12.1 Å². The molecular formula is C12H15ClN4O2. The average Bonchev–Trinajstić information content (AvgIpc) is 2.52. The largest absolute Gasteiger partial charge is 0.358 e. The van der Waals surface area contributed by atoms with Crippen LogP contribution in [0.4, 0.5) is 5.82 Å². The summed E-state index contributed by atoms with van der Waals surface area (Å²) in [7, 11) is 0. The van der Waals surface area contributed by atoms with Crippen molar-refractivity contribution < 1.29 is 9.59 Å². The number of nitrogens with one attached hydrogen (secondary N) is 1. The smallest absolute Gasteiger partial charge is 0.252 e. The Morgan fingerprint density at radius 1 is 1.42 bits per heavy atom. The normalized spacial score (nSPS) is 19.4. The van der Waals surface area contributed by atoms with Crippen LogP contribution in [0.25, 0.3) is 0 Å². The maximum atomic E-state index is 12.1. The fourth-order valence-electron chi connectivity index (χ4n) is 2.09. The molecule has 1 aliphatic rings. The molecule has 0 radical (unpaired) electrons. The first-order valence-corrected chi connectivity index (χ1v) is 6.40. The molecule has 1 saturated heterocycles. The number of amides is 2. The molecule has 2 heterocycles. The number of hydrogen-bond donors (Lipinski definition) is 1. The van der Waals surface area contributed by atoms with Crippen molar-refractivity contribution in [2.45, 2.75) is 39.3 Å². The van der Waals surface area contributed by atoms with Crippen LogP contribution in [0.5, 0.6) is 0 Å². The van der Waals surface area contributed by atoms with Gasteiger partial charge in [0.05, 0.1) is 6.42 Å². The third-order valence-corrected chi connectivity index (χ3v) is 3.02. The van der Waals surface area contributed by atoms with Gasteiger partial charge < -0.3 is 5.32 Å². The van der Waals surface area contributed by atoms with E-state index in [-0.39, 0.29) is 24.3 Å². The molecule has 2 rings (SSSR count). The predicted molar refractivity (Wildman–Crippen MR) is 70.8 cm³/mol. The number of anilines is 1. The fraction of sp³-hybridized carbons (Fsp3) is 0.500. The lowest BCUT2D eigenvalue weighted by Crippen LogP contribution is -2.39. The molecule has 1 N–H and O–H groups in total. The minimum absolute atomic E-state index is 0.137. The fourth-order valence-corrected chi connectivity index (χ4v) is 2.32. The van der Waals surface area contributed by atoms with E-state index in [0.29, 0.717) is 16.8 Å². The van der Waals surface area contributed by atoms with E-state index >= 15 is 0 Å². The number of rotatable bonds is 3. The van der Waals surface area contributed by atoms with E-state index in [4.69, 9.17) is 11.6 Å². The molecule has 0 unspecified atom stereocenters. The second kappa shape index (κ2) is 5.13. The van der Waals surface area contributed by atoms with E-state index in [2.05, 4.69) is 15.3 Å². The lowest BCUT2D eigenvalue weighted by Gasteiger charge is -2.19. The van der Waals surface area contributed by atoms with Gasteiger partial charge in [0.1, 0.15) is 22.8 Å². The second-order valence-corrected chi connectivity index (χ2v) is 5.11. The highest BCUT2D eigenvalue weighted by Gasteiger charge is 2.40. The number of imide groups is 1. The summed E-state index contributed by atoms with van der Waals surface area (Å²) in [6.07, 6.45) is 0.137. The SMILES string of the molecule is Cc1nc(Cl)cc(N[C@@H]2CC(=O)N(C(C)C)C2=O)n1. The molecule has 0 aliphatic carbocycles. The molecule has 7 heteroatoms. The van der Waals surface area contributed by atoms with Crippen molar-refractivity contribution in [2.24, 2.45) is 0 Å². The molecule has 6 nitrogen and oxygen atoms in total. The molecule has 2 amide bonds. The standard InChI is InChI=1S/C12H15ClN4O2/c1-6(2)17-11(18)4-8(12(17)19)16-10-5-9(13)14-7(3)15-10/h5-6,8H,4H2,1-3H3,(H,14,15,16)/t8-/m1/s1. The average molecular weight is 283 g/mol. The van der Waals surface area contributed by atoms with Crippen molar-refractivity contribution in [1.29, 1.82) is 0 Å². The number of nitrogens with zero attached hydrogens (tertiary/aromatic N) is 3. The zero-order valence-corrected chi connectivity index (χ0v) is 11.7. The van der Waals surface area contributed by atoms with E-state index in [9.17, 15) is 9.59 Å². The summed E-state index contributed by atoms with van der Waals surface area (Å²) in [6.45, 7) is 5.33. The van der Waals surface area contributed by atoms with Crippen LogP contribution in [-0.2, 0) is 9.59 Å². The maximum Gasteiger partial charge on any atom is 0.252 e. The van der Waals surface area contributed by atoms with Crippen LogP contribution in [0, 0.1) is 6.92 Å². The number of carbonyl (C=O) groups excluding carboxylic acids is 2. The van der Waals surface area contributed by atoms with Gasteiger partial charge in [0.2, 0.25) is 5.91 Å². The van der Waals surface area contributed by atoms with Crippen LogP contribution in [0.1, 0.15) is 26.1 Å². The minimum atomic E-state index is -0.583. The van der Waals surface area contributed by atoms with Crippen molar-refractivity contribution in [3.63, 3.8) is 0 Å². The third kappa shape index (κ3) is 2.84. The Balaban J connectivity index is 2.16. The second-order valence-electron chi connectivity index (χ2n) is 4.72. The van der Waals surface area contributed by atoms with Crippen LogP contribution >= 0.6 is 11.6 Å². The minimum Gasteiger partial charge on any atom is -0.358 e. The first kappa shape index (κ1) is 13.7. The molecule has 1 aliphatic heterocycles. The molecule has 102 valence electrons. The van der Waals surface area contributed by atoms with Crippen LogP contribution in [0.3, 0.4) is 0 Å². The van der Waals surface area contributed by atoms with Gasteiger partial charge in [-0.25, -0.2) is 9.97 Å². The molecule has 19 heavy (non-hydrogen) atoms. The van der Waals surface area contributed by atoms with Crippen molar-refractivity contribution in [1.82, 2.24) is 14.9 Å². The molecule has 1 aromatic rings. The molecule has 1 atom stereocenters. The maximum absolute atomic E-state index is 12.1. The Bertz CT molecular complexity index is 512. The van der Waals surface area contributed by atoms with Gasteiger partial charge in [-0.05, 0) is 20.8 Å². The van der Waals surface area contributed by atoms with E-state index < -0.39 is 6.04 Å². The van der Waals surface area contributed by atoms with Gasteiger partial charge in [-0.15, -0.1) is 0 Å². The van der Waals surface area contributed by atoms with E-state index in [1.165, 1.54) is 11.0 Å². The number of aromatic nitrogens is 2. The Hall–Kier alpha value is -1.69. The number of hydrogen-bond acceptors (Lipinski definition) is 5. The van der Waals surface area contributed by atoms with Crippen LogP contribution in [0.2, 0.25) is 5.15 Å². The first-order valence-electron chi connectivity index (χ1n) is 6.02. The Morgan fingerprint density at radius 3 is 2.63 bits per heavy atom. The van der Waals surface area contributed by atoms with Gasteiger partial charge in [-0.3, -0.25) is 14.5 Å². The molecule has 0 spiro atoms. The Morgan fingerprint density at radius 2 is 2.11 bits per heavy atom. The monoisotopic (exact) mass is 282 g/mol. The topological polar surface area (TPSA) is 75.2 Å². The molecule has 1 fully saturated rings. The van der Waals surface area contributed by atoms with Gasteiger partial charge in [-0.1, -0.05) is 11.6 Å². The van der Waals surface area contributed by atoms with Crippen LogP contribution < -0.4 is 5.32 Å². The molecule has 0 saturated carbocycles. The highest BCUT2D eigenvalue weighted by Crippen LogP contribution is 2.20. The summed E-state index contributed by atoms with van der Waals surface area (Å²) in [5.41, 5.74) is 0. The van der Waals surface area contributed by atoms with Crippen LogP contribution in [0.15, 0.2) is 6.07 Å². The van der Waals surface area contributed by atoms with Crippen molar-refractivity contribution in [2.75, 3.05) is 5.32 Å². The van der Waals surface area contributed by atoms with Crippen molar-refractivity contribution >= 4 is 29.2 Å². The van der Waals surface area contributed by atoms with Gasteiger partial charge in [0.25, 0.3) is 5.91 Å². The molecule has 0 aromatic carbocycles. The molecular weight excluding hydrogens is 268 g/mol. The summed E-state index contributed by atoms with van der Waals surface area (Å²) in [4.78, 5) is 33.2. The highest BCUT2D eigenvalue weighted by molar-refractivity contribution is 6.29. The zero-order chi connectivity index (χ0) is 14.2. The first-order chi connectivity index (χ1) is 8.88. The van der Waals surface area contributed by atoms with Gasteiger partial charge >= 0.3 is 0 Å². The number of aryl methyl sites for hydroxylation is 1. The Kier molecular flexibility index (Phi) is 3.71. The van der Waals surface area contributed by atoms with E-state index in [0.717, 1.165) is 0 Å². The van der Waals surface area contributed by atoms with Crippen molar-refractivity contribution in [3.8, 4) is 0 Å². The van der Waals surface area contributed by atoms with Crippen molar-refractivity contribution in [3.05, 3.63) is 17.0 Å². The van der Waals surface area contributed by atoms with E-state index in [1.807, 2.05) is 13.8 Å². The Labute approximate surface area is 116 Å². The highest BCUT2D eigenvalue weighted by atomic mass is 35.5. The quantitative estimate of drug-likeness (QED) is 0.670. The van der Waals surface area contributed by atoms with Gasteiger partial charge in [0.15, 0.2) is 0 Å². The number of halogens is 1. The summed E-state index contributed by atoms with van der Waals surface area (Å²) in [5.74, 6) is 0.559. The zero-order valence-electron chi connectivity index (χ0n) is 11.0.